The van der Waals surface area contributed by atoms with Crippen LogP contribution >= 0.6 is 15.6 Å². The van der Waals surface area contributed by atoms with E-state index in [1.54, 1.807) is 0 Å². The number of hydrogen-bond acceptors (Lipinski definition) is 15. The van der Waals surface area contributed by atoms with Crippen LogP contribution in [-0.4, -0.2) is 96.7 Å². The van der Waals surface area contributed by atoms with Crippen molar-refractivity contribution in [1.29, 1.82) is 0 Å². The molecule has 3 N–H and O–H groups in total. The Kier molecular flexibility index (Phi) is 71.0. The minimum atomic E-state index is -5.01. The Morgan fingerprint density at radius 2 is 0.490 bits per heavy atom. The van der Waals surface area contributed by atoms with E-state index in [2.05, 4.69) is 137 Å². The van der Waals surface area contributed by atoms with Gasteiger partial charge in [-0.3, -0.25) is 37.3 Å². The van der Waals surface area contributed by atoms with Gasteiger partial charge in [0.25, 0.3) is 0 Å². The van der Waals surface area contributed by atoms with Crippen molar-refractivity contribution in [3.05, 3.63) is 134 Å². The van der Waals surface area contributed by atoms with Gasteiger partial charge >= 0.3 is 39.5 Å². The Hall–Kier alpha value is -4.80. The normalized spacial score (nSPS) is 14.6. The van der Waals surface area contributed by atoms with Gasteiger partial charge in [-0.2, -0.15) is 0 Å². The Morgan fingerprint density at radius 1 is 0.275 bits per heavy atom. The molecule has 0 saturated carbocycles. The van der Waals surface area contributed by atoms with Crippen LogP contribution in [0.25, 0.3) is 0 Å². The lowest BCUT2D eigenvalue weighted by Crippen LogP contribution is -2.30. The van der Waals surface area contributed by atoms with E-state index in [0.717, 1.165) is 135 Å². The van der Waals surface area contributed by atoms with Crippen molar-refractivity contribution < 1.29 is 80.2 Å². The van der Waals surface area contributed by atoms with Gasteiger partial charge in [-0.05, 0) is 161 Å². The second kappa shape index (κ2) is 74.5. The summed E-state index contributed by atoms with van der Waals surface area (Å²) in [5, 5.41) is 10.6. The zero-order chi connectivity index (χ0) is 74.6. The highest BCUT2D eigenvalue weighted by atomic mass is 31.2. The molecule has 0 spiro atoms. The minimum absolute atomic E-state index is 0.00390. The summed E-state index contributed by atoms with van der Waals surface area (Å²) in [7, 11) is -10.00. The molecule has 0 aromatic heterocycles. The number of hydrogen-bond donors (Lipinski definition) is 3. The highest BCUT2D eigenvalue weighted by Crippen LogP contribution is 2.45. The maximum absolute atomic E-state index is 13.1. The van der Waals surface area contributed by atoms with Gasteiger partial charge in [0, 0.05) is 25.7 Å². The number of aliphatic hydroxyl groups excluding tert-OH is 1. The number of rotatable bonds is 73. The van der Waals surface area contributed by atoms with E-state index in [4.69, 9.17) is 37.0 Å². The largest absolute Gasteiger partial charge is 0.472 e. The Labute approximate surface area is 618 Å². The molecule has 0 saturated heterocycles. The molecule has 19 heteroatoms. The molecule has 0 fully saturated rings. The van der Waals surface area contributed by atoms with Crippen LogP contribution < -0.4 is 0 Å². The molecule has 0 aromatic carbocycles. The number of phosphoric acid groups is 2. The maximum atomic E-state index is 13.1. The first kappa shape index (κ1) is 97.2. The molecule has 0 heterocycles. The first-order chi connectivity index (χ1) is 49.7. The Morgan fingerprint density at radius 3 is 0.814 bits per heavy atom. The third kappa shape index (κ3) is 73.5. The third-order valence-electron chi connectivity index (χ3n) is 16.1. The number of unbranched alkanes of at least 4 members (excludes halogenated alkanes) is 25. The zero-order valence-corrected chi connectivity index (χ0v) is 65.5. The highest BCUT2D eigenvalue weighted by molar-refractivity contribution is 7.47. The summed E-state index contributed by atoms with van der Waals surface area (Å²) in [6.07, 6.45) is 83.0. The number of ether oxygens (including phenoxy) is 4. The summed E-state index contributed by atoms with van der Waals surface area (Å²) < 4.78 is 68.4. The zero-order valence-electron chi connectivity index (χ0n) is 63.7. The van der Waals surface area contributed by atoms with Gasteiger partial charge in [-0.15, -0.1) is 0 Å². The van der Waals surface area contributed by atoms with Crippen molar-refractivity contribution >= 4 is 39.5 Å². The Balaban J connectivity index is 5.48. The van der Waals surface area contributed by atoms with Crippen LogP contribution in [0.1, 0.15) is 310 Å². The molecule has 0 aliphatic heterocycles. The predicted molar refractivity (Wildman–Crippen MR) is 418 cm³/mol. The van der Waals surface area contributed by atoms with E-state index < -0.39 is 97.5 Å². The van der Waals surface area contributed by atoms with Gasteiger partial charge in [0.15, 0.2) is 12.2 Å². The second-order valence-corrected chi connectivity index (χ2v) is 28.8. The van der Waals surface area contributed by atoms with E-state index >= 15 is 0 Å². The summed E-state index contributed by atoms with van der Waals surface area (Å²) in [6.45, 7) is 4.63. The van der Waals surface area contributed by atoms with Crippen molar-refractivity contribution in [3.63, 3.8) is 0 Å². The van der Waals surface area contributed by atoms with Crippen LogP contribution in [0.4, 0.5) is 0 Å². The van der Waals surface area contributed by atoms with E-state index in [1.807, 2.05) is 24.3 Å². The van der Waals surface area contributed by atoms with Crippen molar-refractivity contribution in [3.8, 4) is 0 Å². The first-order valence-electron chi connectivity index (χ1n) is 39.4. The molecule has 0 bridgehead atoms. The molecule has 102 heavy (non-hydrogen) atoms. The second-order valence-electron chi connectivity index (χ2n) is 25.9. The predicted octanol–water partition coefficient (Wildman–Crippen LogP) is 22.9. The molecule has 0 radical (unpaired) electrons. The molecule has 5 atom stereocenters. The fraction of sp³-hybridized carbons (Fsp3) is 0.687. The van der Waals surface area contributed by atoms with Crippen LogP contribution in [0.5, 0.6) is 0 Å². The lowest BCUT2D eigenvalue weighted by atomic mass is 10.1. The molecule has 0 aromatic rings. The number of carbonyl (C=O) groups excluding carboxylic acids is 4. The van der Waals surface area contributed by atoms with Crippen molar-refractivity contribution in [2.24, 2.45) is 0 Å². The van der Waals surface area contributed by atoms with Gasteiger partial charge in [0.05, 0.1) is 26.4 Å². The topological polar surface area (TPSA) is 237 Å². The first-order valence-corrected chi connectivity index (χ1v) is 42.4. The fourth-order valence-electron chi connectivity index (χ4n) is 9.99. The summed E-state index contributed by atoms with van der Waals surface area (Å²) >= 11 is 0. The molecular weight excluding hydrogens is 1330 g/mol. The average Bonchev–Trinajstić information content (AvgIpc) is 0.943. The van der Waals surface area contributed by atoms with Crippen LogP contribution in [0.2, 0.25) is 0 Å². The maximum Gasteiger partial charge on any atom is 0.472 e. The summed E-state index contributed by atoms with van der Waals surface area (Å²) in [5.41, 5.74) is 0. The SMILES string of the molecule is CCCCC/C=C\C/C=C\C/C=C\C/C=C\CCCC(=O)OC[C@H](COP(=O)(O)OC[C@@H](O)COP(=O)(O)OC[C@@H](COC(=O)CCCCCCC/C=C\CCCCCC)OC(=O)CCCCCCC/C=C\C/C=C\CCCCC)OC(=O)CCC/C=C\C/C=C\C/C=C\C/C=C\CCCCC. The van der Waals surface area contributed by atoms with Gasteiger partial charge < -0.3 is 33.8 Å². The lowest BCUT2D eigenvalue weighted by Gasteiger charge is -2.21. The smallest absolute Gasteiger partial charge is 0.462 e. The Bertz CT molecular complexity index is 2460. The molecule has 17 nitrogen and oxygen atoms in total. The van der Waals surface area contributed by atoms with Crippen molar-refractivity contribution in [1.82, 2.24) is 0 Å². The van der Waals surface area contributed by atoms with Crippen molar-refractivity contribution in [2.45, 2.75) is 329 Å². The highest BCUT2D eigenvalue weighted by Gasteiger charge is 2.30. The van der Waals surface area contributed by atoms with Crippen LogP contribution in [0.3, 0.4) is 0 Å². The van der Waals surface area contributed by atoms with E-state index in [1.165, 1.54) is 83.5 Å². The number of carbonyl (C=O) groups is 4. The summed E-state index contributed by atoms with van der Waals surface area (Å²) in [5.74, 6) is -2.33. The third-order valence-corrected chi connectivity index (χ3v) is 18.0. The molecule has 0 amide bonds. The monoisotopic (exact) mass is 1470 g/mol. The number of esters is 4. The van der Waals surface area contributed by atoms with Gasteiger partial charge in [-0.25, -0.2) is 9.13 Å². The number of allylic oxidation sites excluding steroid dienone is 22. The standard InChI is InChI=1S/C83H140O17P2/c1-5-9-13-17-21-25-29-33-36-38-41-44-48-52-56-60-64-68-81(86)94-74-79(100-83(88)70-66-62-58-54-50-46-42-39-37-34-30-26-22-18-14-10-6-2)76-98-102(91,92)96-72-77(84)71-95-101(89,90)97-75-78(73-93-80(85)67-63-59-55-51-47-43-32-28-24-20-16-12-8-4)99-82(87)69-65-61-57-53-49-45-40-35-31-27-23-19-15-11-7-3/h21-23,25-28,32-37,40-42,44,46,52,54,56,58,77-79,84H,5-20,24,29-31,38-39,43,45,47-51,53,55,57,59-76H2,1-4H3,(H,89,90)(H,91,92)/b25-21-,26-22-,27-23-,32-28-,36-33-,37-34-,40-35-,44-41-,46-42-,56-52-,58-54-/t77-,78+,79+/m0/s1. The molecule has 0 rings (SSSR count). The molecular formula is C83H140O17P2. The minimum Gasteiger partial charge on any atom is -0.462 e. The average molecular weight is 1470 g/mol. The fourth-order valence-corrected chi connectivity index (χ4v) is 11.6. The van der Waals surface area contributed by atoms with Gasteiger partial charge in [0.2, 0.25) is 0 Å². The molecule has 2 unspecified atom stereocenters. The van der Waals surface area contributed by atoms with Crippen LogP contribution in [-0.2, 0) is 65.4 Å². The summed E-state index contributed by atoms with van der Waals surface area (Å²) in [6, 6.07) is 0. The van der Waals surface area contributed by atoms with E-state index in [0.29, 0.717) is 38.5 Å². The lowest BCUT2D eigenvalue weighted by molar-refractivity contribution is -0.161. The molecule has 584 valence electrons. The van der Waals surface area contributed by atoms with E-state index in [-0.39, 0.29) is 25.7 Å². The van der Waals surface area contributed by atoms with Crippen LogP contribution in [0.15, 0.2) is 134 Å². The number of aliphatic hydroxyl groups is 1. The number of phosphoric ester groups is 2. The van der Waals surface area contributed by atoms with Gasteiger partial charge in [0.1, 0.15) is 19.3 Å². The summed E-state index contributed by atoms with van der Waals surface area (Å²) in [4.78, 5) is 72.9. The van der Waals surface area contributed by atoms with E-state index in [9.17, 15) is 43.2 Å². The van der Waals surface area contributed by atoms with Crippen molar-refractivity contribution in [2.75, 3.05) is 39.6 Å². The quantitative estimate of drug-likeness (QED) is 0.0169. The van der Waals surface area contributed by atoms with Gasteiger partial charge in [-0.1, -0.05) is 258 Å². The van der Waals surface area contributed by atoms with Crippen LogP contribution in [0, 0.1) is 0 Å². The molecule has 0 aliphatic carbocycles. The molecule has 0 aliphatic rings.